The summed E-state index contributed by atoms with van der Waals surface area (Å²) in [7, 11) is 0. The van der Waals surface area contributed by atoms with Crippen LogP contribution in [0, 0.1) is 17.8 Å². The molecule has 0 heteroatoms. The van der Waals surface area contributed by atoms with E-state index in [2.05, 4.69) is 43.8 Å². The molecule has 1 unspecified atom stereocenters. The first-order valence-electron chi connectivity index (χ1n) is 9.15. The zero-order valence-corrected chi connectivity index (χ0v) is 14.1. The molecule has 0 N–H and O–H groups in total. The second-order valence-electron chi connectivity index (χ2n) is 7.47. The first kappa shape index (κ1) is 15.6. The zero-order valence-electron chi connectivity index (χ0n) is 14.1. The molecule has 0 aromatic heterocycles. The molecule has 22 heavy (non-hydrogen) atoms. The molecule has 0 aliphatic heterocycles. The summed E-state index contributed by atoms with van der Waals surface area (Å²) in [5, 5.41) is 0. The minimum absolute atomic E-state index is 0.955. The first-order valence-corrected chi connectivity index (χ1v) is 9.15. The van der Waals surface area contributed by atoms with Crippen molar-refractivity contribution in [1.82, 2.24) is 0 Å². The summed E-state index contributed by atoms with van der Waals surface area (Å²) in [5.74, 6) is 2.93. The van der Waals surface area contributed by atoms with Crippen LogP contribution in [-0.4, -0.2) is 0 Å². The maximum absolute atomic E-state index is 3.81. The SMILES string of the molecule is C=CCc1ccc(C2=CCC(C3CCC(C)CC3)CC2)cc1. The van der Waals surface area contributed by atoms with E-state index in [1.54, 1.807) is 5.57 Å². The van der Waals surface area contributed by atoms with Gasteiger partial charge >= 0.3 is 0 Å². The highest BCUT2D eigenvalue weighted by Crippen LogP contribution is 2.41. The van der Waals surface area contributed by atoms with E-state index >= 15 is 0 Å². The van der Waals surface area contributed by atoms with Gasteiger partial charge in [-0.3, -0.25) is 0 Å². The van der Waals surface area contributed by atoms with E-state index in [-0.39, 0.29) is 0 Å². The van der Waals surface area contributed by atoms with Gasteiger partial charge in [0.15, 0.2) is 0 Å². The molecule has 1 fully saturated rings. The molecule has 1 aromatic rings. The molecule has 0 amide bonds. The van der Waals surface area contributed by atoms with Crippen LogP contribution >= 0.6 is 0 Å². The summed E-state index contributed by atoms with van der Waals surface area (Å²) in [5.41, 5.74) is 4.37. The highest BCUT2D eigenvalue weighted by molar-refractivity contribution is 5.66. The highest BCUT2D eigenvalue weighted by Gasteiger charge is 2.27. The molecule has 0 nitrogen and oxygen atoms in total. The van der Waals surface area contributed by atoms with Gasteiger partial charge in [0, 0.05) is 0 Å². The lowest BCUT2D eigenvalue weighted by Gasteiger charge is -2.34. The van der Waals surface area contributed by atoms with Crippen LogP contribution in [0.2, 0.25) is 0 Å². The van der Waals surface area contributed by atoms with Gasteiger partial charge in [-0.2, -0.15) is 0 Å². The van der Waals surface area contributed by atoms with Gasteiger partial charge in [-0.15, -0.1) is 6.58 Å². The minimum atomic E-state index is 0.955. The average molecular weight is 294 g/mol. The Balaban J connectivity index is 1.59. The van der Waals surface area contributed by atoms with Crippen LogP contribution < -0.4 is 0 Å². The van der Waals surface area contributed by atoms with E-state index < -0.39 is 0 Å². The van der Waals surface area contributed by atoms with Crippen LogP contribution in [0.15, 0.2) is 43.0 Å². The fourth-order valence-corrected chi connectivity index (χ4v) is 4.32. The molecule has 0 bridgehead atoms. The Kier molecular flexibility index (Phi) is 5.18. The maximum atomic E-state index is 3.81. The van der Waals surface area contributed by atoms with Crippen molar-refractivity contribution < 1.29 is 0 Å². The monoisotopic (exact) mass is 294 g/mol. The number of rotatable bonds is 4. The number of hydrogen-bond donors (Lipinski definition) is 0. The Labute approximate surface area is 136 Å². The molecular weight excluding hydrogens is 264 g/mol. The molecule has 1 saturated carbocycles. The predicted molar refractivity (Wildman–Crippen MR) is 96.8 cm³/mol. The van der Waals surface area contributed by atoms with Gasteiger partial charge < -0.3 is 0 Å². The molecule has 118 valence electrons. The Bertz CT molecular complexity index is 511. The van der Waals surface area contributed by atoms with Crippen molar-refractivity contribution in [3.63, 3.8) is 0 Å². The second-order valence-corrected chi connectivity index (χ2v) is 7.47. The maximum Gasteiger partial charge on any atom is -0.0100 e. The molecule has 1 atom stereocenters. The van der Waals surface area contributed by atoms with Gasteiger partial charge in [0.05, 0.1) is 0 Å². The standard InChI is InChI=1S/C22H30/c1-3-4-18-7-11-20(12-8-18)22-15-13-21(14-16-22)19-9-5-17(2)6-10-19/h3,7-8,11-12,15,17,19,21H,1,4-6,9-10,13-14,16H2,2H3. The number of hydrogen-bond acceptors (Lipinski definition) is 0. The molecule has 2 aliphatic rings. The summed E-state index contributed by atoms with van der Waals surface area (Å²) in [6, 6.07) is 9.11. The lowest BCUT2D eigenvalue weighted by atomic mass is 9.71. The van der Waals surface area contributed by atoms with Crippen molar-refractivity contribution in [3.05, 3.63) is 54.1 Å². The molecule has 0 radical (unpaired) electrons. The predicted octanol–water partition coefficient (Wildman–Crippen LogP) is 6.42. The van der Waals surface area contributed by atoms with Gasteiger partial charge in [-0.25, -0.2) is 0 Å². The molecule has 0 saturated heterocycles. The van der Waals surface area contributed by atoms with Crippen LogP contribution in [0.4, 0.5) is 0 Å². The van der Waals surface area contributed by atoms with Crippen molar-refractivity contribution in [3.8, 4) is 0 Å². The summed E-state index contributed by atoms with van der Waals surface area (Å²) >= 11 is 0. The molecule has 1 aromatic carbocycles. The van der Waals surface area contributed by atoms with Crippen LogP contribution in [0.3, 0.4) is 0 Å². The van der Waals surface area contributed by atoms with Crippen molar-refractivity contribution in [2.45, 2.75) is 58.3 Å². The molecular formula is C22H30. The third-order valence-corrected chi connectivity index (χ3v) is 5.88. The average Bonchev–Trinajstić information content (AvgIpc) is 2.57. The topological polar surface area (TPSA) is 0 Å². The fourth-order valence-electron chi connectivity index (χ4n) is 4.32. The quantitative estimate of drug-likeness (QED) is 0.562. The number of allylic oxidation sites excluding steroid dienone is 3. The second kappa shape index (κ2) is 7.31. The Morgan fingerprint density at radius 1 is 1.00 bits per heavy atom. The van der Waals surface area contributed by atoms with Gasteiger partial charge in [-0.1, -0.05) is 56.2 Å². The zero-order chi connectivity index (χ0) is 15.4. The van der Waals surface area contributed by atoms with Crippen molar-refractivity contribution in [1.29, 1.82) is 0 Å². The highest BCUT2D eigenvalue weighted by atomic mass is 14.3. The fraction of sp³-hybridized carbons (Fsp3) is 0.545. The van der Waals surface area contributed by atoms with Crippen LogP contribution in [-0.2, 0) is 6.42 Å². The molecule has 0 spiro atoms. The van der Waals surface area contributed by atoms with Crippen LogP contribution in [0.1, 0.15) is 63.0 Å². The Morgan fingerprint density at radius 2 is 1.73 bits per heavy atom. The van der Waals surface area contributed by atoms with Crippen molar-refractivity contribution in [2.24, 2.45) is 17.8 Å². The van der Waals surface area contributed by atoms with Crippen molar-refractivity contribution in [2.75, 3.05) is 0 Å². The van der Waals surface area contributed by atoms with E-state index in [0.29, 0.717) is 0 Å². The van der Waals surface area contributed by atoms with Gasteiger partial charge in [0.1, 0.15) is 0 Å². The van der Waals surface area contributed by atoms with Crippen molar-refractivity contribution >= 4 is 5.57 Å². The third kappa shape index (κ3) is 3.72. The largest absolute Gasteiger partial charge is 0.103 e. The van der Waals surface area contributed by atoms with E-state index in [1.165, 1.54) is 56.1 Å². The molecule has 0 heterocycles. The Morgan fingerprint density at radius 3 is 2.32 bits per heavy atom. The van der Waals surface area contributed by atoms with Crippen LogP contribution in [0.25, 0.3) is 5.57 Å². The lowest BCUT2D eigenvalue weighted by Crippen LogP contribution is -2.22. The van der Waals surface area contributed by atoms with E-state index in [9.17, 15) is 0 Å². The summed E-state index contributed by atoms with van der Waals surface area (Å²) in [6.45, 7) is 6.24. The van der Waals surface area contributed by atoms with Gasteiger partial charge in [-0.05, 0) is 73.0 Å². The smallest absolute Gasteiger partial charge is 0.0100 e. The third-order valence-electron chi connectivity index (χ3n) is 5.88. The lowest BCUT2D eigenvalue weighted by molar-refractivity contribution is 0.202. The number of benzene rings is 1. The molecule has 2 aliphatic carbocycles. The van der Waals surface area contributed by atoms with Gasteiger partial charge in [0.2, 0.25) is 0 Å². The van der Waals surface area contributed by atoms with Gasteiger partial charge in [0.25, 0.3) is 0 Å². The van der Waals surface area contributed by atoms with E-state index in [4.69, 9.17) is 0 Å². The Hall–Kier alpha value is -1.30. The van der Waals surface area contributed by atoms with E-state index in [0.717, 1.165) is 24.2 Å². The minimum Gasteiger partial charge on any atom is -0.103 e. The van der Waals surface area contributed by atoms with Crippen LogP contribution in [0.5, 0.6) is 0 Å². The molecule has 3 rings (SSSR count). The summed E-state index contributed by atoms with van der Waals surface area (Å²) in [4.78, 5) is 0. The first-order chi connectivity index (χ1) is 10.8. The summed E-state index contributed by atoms with van der Waals surface area (Å²) < 4.78 is 0. The normalized spacial score (nSPS) is 29.0. The summed E-state index contributed by atoms with van der Waals surface area (Å²) in [6.07, 6.45) is 15.3. The van der Waals surface area contributed by atoms with E-state index in [1.807, 2.05) is 6.08 Å².